The quantitative estimate of drug-likeness (QED) is 0.698. The number of amides is 1. The molecule has 1 amide bonds. The second-order valence-corrected chi connectivity index (χ2v) is 7.17. The van der Waals surface area contributed by atoms with Gasteiger partial charge in [-0.15, -0.1) is 0 Å². The summed E-state index contributed by atoms with van der Waals surface area (Å²) in [6.45, 7) is 6.40. The Kier molecular flexibility index (Phi) is 4.95. The Morgan fingerprint density at radius 3 is 2.89 bits per heavy atom. The summed E-state index contributed by atoms with van der Waals surface area (Å²) in [5, 5.41) is 6.20. The van der Waals surface area contributed by atoms with E-state index in [-0.39, 0.29) is 11.7 Å². The highest BCUT2D eigenvalue weighted by Gasteiger charge is 2.26. The lowest BCUT2D eigenvalue weighted by Gasteiger charge is -2.21. The van der Waals surface area contributed by atoms with E-state index in [1.54, 1.807) is 7.05 Å². The Bertz CT molecular complexity index is 980. The summed E-state index contributed by atoms with van der Waals surface area (Å²) < 4.78 is 2.03. The van der Waals surface area contributed by atoms with Crippen molar-refractivity contribution in [2.45, 2.75) is 32.9 Å². The van der Waals surface area contributed by atoms with Crippen molar-refractivity contribution in [1.82, 2.24) is 30.0 Å². The highest BCUT2D eigenvalue weighted by atomic mass is 16.2. The molecular weight excluding hydrogens is 354 g/mol. The molecule has 2 N–H and O–H groups in total. The standard InChI is InChI=1S/C20H25N7O/c1-13-14(2)23-18(20(28)21-3)25-19(13)27-9-7-15(11-27)22-10-16-12-26-8-5-4-6-17(26)24-16/h4-6,8,12,15,22H,7,9-11H2,1-3H3,(H,21,28)/t15-/m1/s1. The molecular formula is C20H25N7O. The maximum Gasteiger partial charge on any atom is 0.288 e. The number of fused-ring (bicyclic) bond motifs is 1. The first-order valence-corrected chi connectivity index (χ1v) is 9.53. The van der Waals surface area contributed by atoms with Crippen LogP contribution in [0.2, 0.25) is 0 Å². The number of carbonyl (C=O) groups excluding carboxylic acids is 1. The fourth-order valence-electron chi connectivity index (χ4n) is 3.58. The summed E-state index contributed by atoms with van der Waals surface area (Å²) in [7, 11) is 1.59. The minimum atomic E-state index is -0.259. The number of aromatic nitrogens is 4. The van der Waals surface area contributed by atoms with E-state index in [4.69, 9.17) is 0 Å². The molecule has 0 spiro atoms. The summed E-state index contributed by atoms with van der Waals surface area (Å²) in [4.78, 5) is 27.7. The van der Waals surface area contributed by atoms with Crippen molar-refractivity contribution < 1.29 is 4.79 Å². The van der Waals surface area contributed by atoms with Gasteiger partial charge in [-0.25, -0.2) is 15.0 Å². The zero-order chi connectivity index (χ0) is 19.7. The number of imidazole rings is 1. The van der Waals surface area contributed by atoms with Gasteiger partial charge in [-0.05, 0) is 32.4 Å². The van der Waals surface area contributed by atoms with Crippen LogP contribution >= 0.6 is 0 Å². The largest absolute Gasteiger partial charge is 0.355 e. The number of hydrogen-bond donors (Lipinski definition) is 2. The molecule has 0 aliphatic carbocycles. The average molecular weight is 379 g/mol. The normalized spacial score (nSPS) is 16.7. The van der Waals surface area contributed by atoms with Gasteiger partial charge in [-0.1, -0.05) is 6.07 Å². The smallest absolute Gasteiger partial charge is 0.288 e. The summed E-state index contributed by atoms with van der Waals surface area (Å²) in [5.74, 6) is 0.815. The predicted octanol–water partition coefficient (Wildman–Crippen LogP) is 1.47. The molecule has 3 aromatic rings. The summed E-state index contributed by atoms with van der Waals surface area (Å²) in [6.07, 6.45) is 5.08. The maximum absolute atomic E-state index is 12.0. The molecule has 1 saturated heterocycles. The molecule has 1 atom stereocenters. The van der Waals surface area contributed by atoms with Crippen LogP contribution in [0.15, 0.2) is 30.6 Å². The van der Waals surface area contributed by atoms with Crippen molar-refractivity contribution in [2.24, 2.45) is 0 Å². The first kappa shape index (κ1) is 18.4. The number of rotatable bonds is 5. The van der Waals surface area contributed by atoms with Crippen LogP contribution in [-0.2, 0) is 6.54 Å². The zero-order valence-corrected chi connectivity index (χ0v) is 16.4. The van der Waals surface area contributed by atoms with Crippen molar-refractivity contribution in [3.05, 3.63) is 53.4 Å². The van der Waals surface area contributed by atoms with Crippen LogP contribution in [0.4, 0.5) is 5.82 Å². The van der Waals surface area contributed by atoms with Crippen LogP contribution in [0.3, 0.4) is 0 Å². The van der Waals surface area contributed by atoms with E-state index in [0.717, 1.165) is 54.5 Å². The molecule has 1 fully saturated rings. The molecule has 1 aliphatic rings. The third-order valence-electron chi connectivity index (χ3n) is 5.27. The first-order valence-electron chi connectivity index (χ1n) is 9.53. The molecule has 8 heteroatoms. The van der Waals surface area contributed by atoms with Gasteiger partial charge in [-0.2, -0.15) is 0 Å². The Balaban J connectivity index is 1.44. The van der Waals surface area contributed by atoms with Crippen LogP contribution in [0, 0.1) is 13.8 Å². The van der Waals surface area contributed by atoms with Crippen LogP contribution < -0.4 is 15.5 Å². The lowest BCUT2D eigenvalue weighted by molar-refractivity contribution is 0.0952. The minimum Gasteiger partial charge on any atom is -0.355 e. The van der Waals surface area contributed by atoms with Crippen molar-refractivity contribution in [2.75, 3.05) is 25.0 Å². The fourth-order valence-corrected chi connectivity index (χ4v) is 3.58. The molecule has 146 valence electrons. The number of anilines is 1. The van der Waals surface area contributed by atoms with Gasteiger partial charge in [0.25, 0.3) is 5.91 Å². The molecule has 0 aromatic carbocycles. The van der Waals surface area contributed by atoms with Crippen molar-refractivity contribution in [3.8, 4) is 0 Å². The van der Waals surface area contributed by atoms with E-state index in [9.17, 15) is 4.79 Å². The van der Waals surface area contributed by atoms with Gasteiger partial charge in [0.15, 0.2) is 0 Å². The molecule has 0 bridgehead atoms. The fraction of sp³-hybridized carbons (Fsp3) is 0.400. The number of nitrogens with one attached hydrogen (secondary N) is 2. The van der Waals surface area contributed by atoms with Crippen molar-refractivity contribution in [3.63, 3.8) is 0 Å². The van der Waals surface area contributed by atoms with E-state index in [2.05, 4.69) is 36.7 Å². The zero-order valence-electron chi connectivity index (χ0n) is 16.4. The third kappa shape index (κ3) is 3.55. The predicted molar refractivity (Wildman–Crippen MR) is 108 cm³/mol. The van der Waals surface area contributed by atoms with Gasteiger partial charge in [0, 0.05) is 56.4 Å². The van der Waals surface area contributed by atoms with Crippen molar-refractivity contribution >= 4 is 17.4 Å². The minimum absolute atomic E-state index is 0.224. The highest BCUT2D eigenvalue weighted by molar-refractivity contribution is 5.90. The molecule has 0 unspecified atom stereocenters. The molecule has 0 radical (unpaired) electrons. The molecule has 0 saturated carbocycles. The van der Waals surface area contributed by atoms with E-state index in [1.807, 2.05) is 42.6 Å². The van der Waals surface area contributed by atoms with Gasteiger partial charge in [-0.3, -0.25) is 4.79 Å². The van der Waals surface area contributed by atoms with Crippen LogP contribution in [0.25, 0.3) is 5.65 Å². The number of aryl methyl sites for hydroxylation is 1. The van der Waals surface area contributed by atoms with Gasteiger partial charge >= 0.3 is 0 Å². The topological polar surface area (TPSA) is 87.5 Å². The molecule has 28 heavy (non-hydrogen) atoms. The monoisotopic (exact) mass is 379 g/mol. The van der Waals surface area contributed by atoms with Crippen molar-refractivity contribution in [1.29, 1.82) is 0 Å². The lowest BCUT2D eigenvalue weighted by Crippen LogP contribution is -2.33. The van der Waals surface area contributed by atoms with E-state index >= 15 is 0 Å². The number of carbonyl (C=O) groups is 1. The summed E-state index contributed by atoms with van der Waals surface area (Å²) >= 11 is 0. The maximum atomic E-state index is 12.0. The first-order chi connectivity index (χ1) is 13.5. The van der Waals surface area contributed by atoms with Gasteiger partial charge in [0.05, 0.1) is 5.69 Å². The second kappa shape index (κ2) is 7.55. The average Bonchev–Trinajstić information content (AvgIpc) is 3.34. The number of pyridine rings is 1. The highest BCUT2D eigenvalue weighted by Crippen LogP contribution is 2.24. The third-order valence-corrected chi connectivity index (χ3v) is 5.27. The number of hydrogen-bond acceptors (Lipinski definition) is 6. The van der Waals surface area contributed by atoms with Gasteiger partial charge in [0.1, 0.15) is 11.5 Å². The second-order valence-electron chi connectivity index (χ2n) is 7.17. The van der Waals surface area contributed by atoms with E-state index < -0.39 is 0 Å². The van der Waals surface area contributed by atoms with Gasteiger partial charge < -0.3 is 19.9 Å². The molecule has 3 aromatic heterocycles. The molecule has 8 nitrogen and oxygen atoms in total. The Morgan fingerprint density at radius 2 is 2.11 bits per heavy atom. The summed E-state index contributed by atoms with van der Waals surface area (Å²) in [5.41, 5.74) is 3.85. The Hall–Kier alpha value is -3.00. The Morgan fingerprint density at radius 1 is 1.25 bits per heavy atom. The SMILES string of the molecule is CNC(=O)c1nc(C)c(C)c(N2CC[C@@H](NCc3cn4ccccc4n3)C2)n1. The van der Waals surface area contributed by atoms with E-state index in [0.29, 0.717) is 6.04 Å². The van der Waals surface area contributed by atoms with Gasteiger partial charge in [0.2, 0.25) is 5.82 Å². The van der Waals surface area contributed by atoms with E-state index in [1.165, 1.54) is 0 Å². The van der Waals surface area contributed by atoms with Crippen LogP contribution in [0.5, 0.6) is 0 Å². The number of nitrogens with zero attached hydrogens (tertiary/aromatic N) is 5. The summed E-state index contributed by atoms with van der Waals surface area (Å²) in [6, 6.07) is 6.35. The molecule has 1 aliphatic heterocycles. The lowest BCUT2D eigenvalue weighted by atomic mass is 10.2. The molecule has 4 heterocycles. The van der Waals surface area contributed by atoms with Crippen LogP contribution in [-0.4, -0.2) is 51.4 Å². The van der Waals surface area contributed by atoms with Crippen LogP contribution in [0.1, 0.15) is 34.0 Å². The molecule has 4 rings (SSSR count). The Labute approximate surface area is 164 Å².